The molecule has 0 bridgehead atoms. The summed E-state index contributed by atoms with van der Waals surface area (Å²) in [6.45, 7) is -0.0903. The molecule has 3 atom stereocenters. The Morgan fingerprint density at radius 1 is 1.05 bits per heavy atom. The highest BCUT2D eigenvalue weighted by Gasteiger charge is 2.43. The predicted molar refractivity (Wildman–Crippen MR) is 171 cm³/mol. The van der Waals surface area contributed by atoms with E-state index in [0.717, 1.165) is 24.8 Å². The van der Waals surface area contributed by atoms with Crippen LogP contribution in [0.3, 0.4) is 0 Å². The average Bonchev–Trinajstić information content (AvgIpc) is 3.00. The summed E-state index contributed by atoms with van der Waals surface area (Å²) in [5.41, 5.74) is 1.81. The van der Waals surface area contributed by atoms with E-state index < -0.39 is 24.2 Å². The van der Waals surface area contributed by atoms with E-state index in [9.17, 15) is 24.9 Å². The number of aliphatic hydroxyl groups is 3. The first-order valence-corrected chi connectivity index (χ1v) is 15.8. The lowest BCUT2D eigenvalue weighted by molar-refractivity contribution is -0.145. The molecule has 4 N–H and O–H groups in total. The first-order valence-electron chi connectivity index (χ1n) is 14.7. The van der Waals surface area contributed by atoms with Gasteiger partial charge in [-0.3, -0.25) is 9.59 Å². The second-order valence-corrected chi connectivity index (χ2v) is 12.0. The van der Waals surface area contributed by atoms with E-state index in [0.29, 0.717) is 44.1 Å². The van der Waals surface area contributed by atoms with Gasteiger partial charge in [0.05, 0.1) is 44.2 Å². The number of rotatable bonds is 14. The number of carbonyl (C=O) groups is 2. The van der Waals surface area contributed by atoms with E-state index in [-0.39, 0.29) is 44.5 Å². The summed E-state index contributed by atoms with van der Waals surface area (Å²) in [5.74, 6) is 1.39. The summed E-state index contributed by atoms with van der Waals surface area (Å²) in [6.07, 6.45) is 2.42. The smallest absolute Gasteiger partial charge is 0.247 e. The third-order valence-corrected chi connectivity index (χ3v) is 8.99. The van der Waals surface area contributed by atoms with Crippen molar-refractivity contribution in [3.05, 3.63) is 56.7 Å². The zero-order valence-electron chi connectivity index (χ0n) is 25.3. The summed E-state index contributed by atoms with van der Waals surface area (Å²) in [7, 11) is 4.65. The van der Waals surface area contributed by atoms with Crippen LogP contribution in [0, 0.1) is 9.49 Å². The number of nitrogens with zero attached hydrogens (tertiary/aromatic N) is 1. The number of hydrogen-bond acceptors (Lipinski definition) is 9. The normalized spacial score (nSPS) is 19.8. The van der Waals surface area contributed by atoms with Gasteiger partial charge in [-0.1, -0.05) is 6.42 Å². The zero-order chi connectivity index (χ0) is 31.8. The molecule has 0 saturated heterocycles. The van der Waals surface area contributed by atoms with Gasteiger partial charge in [-0.25, -0.2) is 0 Å². The van der Waals surface area contributed by atoms with E-state index in [4.69, 9.17) is 18.9 Å². The Morgan fingerprint density at radius 2 is 1.80 bits per heavy atom. The highest BCUT2D eigenvalue weighted by molar-refractivity contribution is 14.1. The molecule has 0 spiro atoms. The third-order valence-electron chi connectivity index (χ3n) is 8.19. The predicted octanol–water partition coefficient (Wildman–Crippen LogP) is 2.60. The number of ether oxygens (including phenoxy) is 4. The van der Waals surface area contributed by atoms with Crippen LogP contribution in [0.15, 0.2) is 42.0 Å². The second kappa shape index (κ2) is 15.8. The molecule has 2 aliphatic rings. The molecule has 0 aliphatic heterocycles. The van der Waals surface area contributed by atoms with E-state index in [2.05, 4.69) is 27.9 Å². The van der Waals surface area contributed by atoms with Crippen molar-refractivity contribution in [2.45, 2.75) is 57.0 Å². The topological polar surface area (TPSA) is 147 Å². The maximum absolute atomic E-state index is 13.9. The maximum atomic E-state index is 13.9. The number of halogens is 1. The first-order chi connectivity index (χ1) is 21.2. The third kappa shape index (κ3) is 7.76. The molecule has 1 saturated carbocycles. The van der Waals surface area contributed by atoms with E-state index in [1.54, 1.807) is 43.4 Å². The highest BCUT2D eigenvalue weighted by atomic mass is 127. The minimum absolute atomic E-state index is 0.0591. The van der Waals surface area contributed by atoms with Gasteiger partial charge in [-0.15, -0.1) is 0 Å². The standard InChI is InChI=1S/C32H41IN2O9/c1-41-23-7-8-26(42-2)21(15-23)9-11-35(32(40)20-5-4-6-20)25-16-22(31(39)34-10-12-36)17-27(29(25)38)44-30-24(33)13-19(18-37)14-28(30)43-3/h7-8,13-15,17,20,25,27,29,36-38H,4-6,9-12,16,18H2,1-3H3,(H,34,39)/t25-,27+,29+/m1/s1. The Labute approximate surface area is 271 Å². The second-order valence-electron chi connectivity index (χ2n) is 10.9. The minimum Gasteiger partial charge on any atom is -0.497 e. The van der Waals surface area contributed by atoms with Crippen LogP contribution in [0.5, 0.6) is 23.0 Å². The van der Waals surface area contributed by atoms with Crippen LogP contribution >= 0.6 is 22.6 Å². The molecule has 0 unspecified atom stereocenters. The quantitative estimate of drug-likeness (QED) is 0.216. The van der Waals surface area contributed by atoms with Crippen LogP contribution in [0.4, 0.5) is 0 Å². The van der Waals surface area contributed by atoms with Crippen LogP contribution < -0.4 is 24.3 Å². The average molecular weight is 725 g/mol. The molecule has 2 aromatic carbocycles. The molecule has 44 heavy (non-hydrogen) atoms. The van der Waals surface area contributed by atoms with Gasteiger partial charge < -0.3 is 44.5 Å². The molecular weight excluding hydrogens is 683 g/mol. The Hall–Kier alpha value is -3.07. The summed E-state index contributed by atoms with van der Waals surface area (Å²) >= 11 is 2.07. The number of aliphatic hydroxyl groups excluding tert-OH is 3. The van der Waals surface area contributed by atoms with Crippen molar-refractivity contribution in [2.75, 3.05) is 41.0 Å². The Balaban J connectivity index is 1.70. The Kier molecular flexibility index (Phi) is 12.1. The van der Waals surface area contributed by atoms with Crippen LogP contribution in [0.1, 0.15) is 36.8 Å². The molecule has 2 aromatic rings. The van der Waals surface area contributed by atoms with Gasteiger partial charge in [0.1, 0.15) is 23.7 Å². The number of methoxy groups -OCH3 is 3. The fraction of sp³-hybridized carbons (Fsp3) is 0.500. The van der Waals surface area contributed by atoms with E-state index in [1.807, 2.05) is 12.1 Å². The van der Waals surface area contributed by atoms with Crippen molar-refractivity contribution in [1.29, 1.82) is 0 Å². The van der Waals surface area contributed by atoms with Gasteiger partial charge in [-0.2, -0.15) is 0 Å². The number of nitrogens with one attached hydrogen (secondary N) is 1. The van der Waals surface area contributed by atoms with E-state index >= 15 is 0 Å². The number of hydrogen-bond donors (Lipinski definition) is 4. The molecule has 2 aliphatic carbocycles. The summed E-state index contributed by atoms with van der Waals surface area (Å²) in [5, 5.41) is 33.5. The van der Waals surface area contributed by atoms with Gasteiger partial charge in [-0.05, 0) is 89.4 Å². The van der Waals surface area contributed by atoms with Gasteiger partial charge in [0.15, 0.2) is 11.5 Å². The van der Waals surface area contributed by atoms with Gasteiger partial charge >= 0.3 is 0 Å². The van der Waals surface area contributed by atoms with E-state index in [1.165, 1.54) is 7.11 Å². The fourth-order valence-corrected chi connectivity index (χ4v) is 6.33. The van der Waals surface area contributed by atoms with Crippen molar-refractivity contribution in [3.63, 3.8) is 0 Å². The summed E-state index contributed by atoms with van der Waals surface area (Å²) in [6, 6.07) is 8.11. The monoisotopic (exact) mass is 724 g/mol. The Morgan fingerprint density at radius 3 is 2.41 bits per heavy atom. The number of carbonyl (C=O) groups excluding carboxylic acids is 2. The number of amides is 2. The molecule has 12 heteroatoms. The van der Waals surface area contributed by atoms with Crippen LogP contribution in [0.2, 0.25) is 0 Å². The Bertz CT molecular complexity index is 1350. The SMILES string of the molecule is COc1ccc(OC)c(CCN(C(=O)C2CCC2)[C@@H]2CC(C(=O)NCCO)=C[C@H](Oc3c(I)cc(CO)cc3OC)[C@H]2O)c1. The molecular formula is C32H41IN2O9. The molecule has 1 fully saturated rings. The summed E-state index contributed by atoms with van der Waals surface area (Å²) in [4.78, 5) is 28.8. The van der Waals surface area contributed by atoms with Crippen molar-refractivity contribution < 1.29 is 43.9 Å². The highest BCUT2D eigenvalue weighted by Crippen LogP contribution is 2.38. The largest absolute Gasteiger partial charge is 0.497 e. The van der Waals surface area contributed by atoms with Crippen LogP contribution in [-0.2, 0) is 22.6 Å². The van der Waals surface area contributed by atoms with Crippen molar-refractivity contribution >= 4 is 34.4 Å². The molecule has 2 amide bonds. The van der Waals surface area contributed by atoms with Crippen molar-refractivity contribution in [3.8, 4) is 23.0 Å². The molecule has 0 aromatic heterocycles. The van der Waals surface area contributed by atoms with Crippen molar-refractivity contribution in [2.24, 2.45) is 5.92 Å². The molecule has 4 rings (SSSR count). The molecule has 11 nitrogen and oxygen atoms in total. The molecule has 0 heterocycles. The van der Waals surface area contributed by atoms with Crippen molar-refractivity contribution in [1.82, 2.24) is 10.2 Å². The fourth-order valence-electron chi connectivity index (χ4n) is 5.54. The molecule has 240 valence electrons. The lowest BCUT2D eigenvalue weighted by Gasteiger charge is -2.43. The van der Waals surface area contributed by atoms with Gasteiger partial charge in [0.25, 0.3) is 0 Å². The lowest BCUT2D eigenvalue weighted by atomic mass is 9.82. The van der Waals surface area contributed by atoms with Crippen LogP contribution in [0.25, 0.3) is 0 Å². The molecule has 0 radical (unpaired) electrons. The lowest BCUT2D eigenvalue weighted by Crippen LogP contribution is -2.57. The summed E-state index contributed by atoms with van der Waals surface area (Å²) < 4.78 is 23.5. The minimum atomic E-state index is -1.18. The zero-order valence-corrected chi connectivity index (χ0v) is 27.4. The first kappa shape index (κ1) is 33.8. The maximum Gasteiger partial charge on any atom is 0.247 e. The van der Waals surface area contributed by atoms with Crippen LogP contribution in [-0.4, -0.2) is 91.3 Å². The van der Waals surface area contributed by atoms with Gasteiger partial charge in [0, 0.05) is 31.0 Å². The number of benzene rings is 2. The van der Waals surface area contributed by atoms with Gasteiger partial charge in [0.2, 0.25) is 11.8 Å².